The minimum absolute atomic E-state index is 0.0604. The van der Waals surface area contributed by atoms with E-state index in [-0.39, 0.29) is 5.91 Å². The Kier molecular flexibility index (Phi) is 6.71. The number of nitrogens with one attached hydrogen (secondary N) is 1. The topological polar surface area (TPSA) is 56.2 Å². The van der Waals surface area contributed by atoms with Crippen LogP contribution in [0, 0.1) is 23.2 Å². The summed E-state index contributed by atoms with van der Waals surface area (Å²) in [5, 5.41) is 8.91. The van der Waals surface area contributed by atoms with Gasteiger partial charge in [0.2, 0.25) is 0 Å². The van der Waals surface area contributed by atoms with Gasteiger partial charge in [0.1, 0.15) is 0 Å². The number of hydrogen-bond acceptors (Lipinski definition) is 4. The Balaban J connectivity index is 1.38. The van der Waals surface area contributed by atoms with Crippen molar-refractivity contribution in [1.82, 2.24) is 15.1 Å². The molecule has 3 saturated carbocycles. The van der Waals surface area contributed by atoms with Gasteiger partial charge in [-0.1, -0.05) is 43.2 Å². The number of carbonyl (C=O) groups excluding carboxylic acids is 1. The van der Waals surface area contributed by atoms with Crippen LogP contribution < -0.4 is 10.1 Å². The van der Waals surface area contributed by atoms with Crippen molar-refractivity contribution in [2.75, 3.05) is 19.0 Å². The van der Waals surface area contributed by atoms with Crippen LogP contribution in [0.25, 0.3) is 11.3 Å². The van der Waals surface area contributed by atoms with Gasteiger partial charge in [0, 0.05) is 31.0 Å². The van der Waals surface area contributed by atoms with Crippen molar-refractivity contribution in [2.45, 2.75) is 65.3 Å². The normalized spacial score (nSPS) is 24.8. The molecule has 8 heteroatoms. The maximum Gasteiger partial charge on any atom is 0.272 e. The second-order valence-corrected chi connectivity index (χ2v) is 12.4. The van der Waals surface area contributed by atoms with Crippen molar-refractivity contribution in [3.8, 4) is 16.3 Å². The molecule has 3 heterocycles. The predicted molar refractivity (Wildman–Crippen MR) is 135 cm³/mol. The quantitative estimate of drug-likeness (QED) is 0.330. The number of alkyl halides is 1. The number of fused-ring (bicyclic) bond motifs is 5. The monoisotopic (exact) mass is 509 g/mol. The second kappa shape index (κ2) is 9.43. The molecular weight excluding hydrogens is 477 g/mol. The summed E-state index contributed by atoms with van der Waals surface area (Å²) in [5.74, 6) is 2.76. The summed E-state index contributed by atoms with van der Waals surface area (Å²) < 4.78 is 8.67. The SMILES string of the molecule is CC1(C)C2CCC(CNC(=O)c3nn(CCCCCCl)c4c3CCOc3sc(Cl)cc3-4)C1C2. The number of nitrogens with zero attached hydrogens (tertiary/aromatic N) is 2. The van der Waals surface area contributed by atoms with E-state index in [1.54, 1.807) is 0 Å². The molecule has 6 rings (SSSR count). The number of aromatic nitrogens is 2. The number of unbranched alkanes of at least 4 members (excludes halogenated alkanes) is 2. The number of halogens is 2. The molecule has 4 aliphatic rings. The highest BCUT2D eigenvalue weighted by molar-refractivity contribution is 7.18. The first-order valence-corrected chi connectivity index (χ1v) is 14.0. The summed E-state index contributed by atoms with van der Waals surface area (Å²) in [6.45, 7) is 6.81. The summed E-state index contributed by atoms with van der Waals surface area (Å²) in [6, 6.07) is 1.95. The number of hydrogen-bond donors (Lipinski definition) is 1. The van der Waals surface area contributed by atoms with Crippen LogP contribution in [0.1, 0.15) is 68.4 Å². The fourth-order valence-corrected chi connectivity index (χ4v) is 7.56. The van der Waals surface area contributed by atoms with Crippen LogP contribution in [0.15, 0.2) is 6.07 Å². The third-order valence-electron chi connectivity index (χ3n) is 8.30. The number of amides is 1. The van der Waals surface area contributed by atoms with Crippen LogP contribution in [0.2, 0.25) is 4.34 Å². The summed E-state index contributed by atoms with van der Waals surface area (Å²) in [7, 11) is 0. The Morgan fingerprint density at radius 2 is 2.18 bits per heavy atom. The molecule has 1 N–H and O–H groups in total. The molecule has 0 radical (unpaired) electrons. The van der Waals surface area contributed by atoms with E-state index < -0.39 is 0 Å². The molecule has 1 amide bonds. The molecule has 2 aromatic heterocycles. The van der Waals surface area contributed by atoms with E-state index in [1.807, 2.05) is 10.7 Å². The second-order valence-electron chi connectivity index (χ2n) is 10.4. The van der Waals surface area contributed by atoms with Gasteiger partial charge < -0.3 is 10.1 Å². The van der Waals surface area contributed by atoms with Crippen molar-refractivity contribution >= 4 is 40.4 Å². The first-order chi connectivity index (χ1) is 15.9. The minimum atomic E-state index is -0.0604. The number of ether oxygens (including phenoxy) is 1. The molecule has 0 saturated heterocycles. The van der Waals surface area contributed by atoms with E-state index in [0.29, 0.717) is 40.3 Å². The average molecular weight is 511 g/mol. The average Bonchev–Trinajstić information content (AvgIpc) is 3.29. The lowest BCUT2D eigenvalue weighted by Gasteiger charge is -2.60. The van der Waals surface area contributed by atoms with Crippen LogP contribution in [0.5, 0.6) is 5.06 Å². The molecule has 2 bridgehead atoms. The van der Waals surface area contributed by atoms with E-state index in [4.69, 9.17) is 33.0 Å². The molecule has 33 heavy (non-hydrogen) atoms. The Morgan fingerprint density at radius 1 is 1.33 bits per heavy atom. The maximum absolute atomic E-state index is 13.4. The van der Waals surface area contributed by atoms with Gasteiger partial charge in [0.25, 0.3) is 5.91 Å². The van der Waals surface area contributed by atoms with Crippen LogP contribution in [0.4, 0.5) is 0 Å². The van der Waals surface area contributed by atoms with E-state index in [9.17, 15) is 4.79 Å². The molecule has 1 aliphatic heterocycles. The van der Waals surface area contributed by atoms with Crippen molar-refractivity contribution in [1.29, 1.82) is 0 Å². The van der Waals surface area contributed by atoms with E-state index in [2.05, 4.69) is 19.2 Å². The minimum Gasteiger partial charge on any atom is -0.483 e. The smallest absolute Gasteiger partial charge is 0.272 e. The highest BCUT2D eigenvalue weighted by atomic mass is 35.5. The molecule has 3 aliphatic carbocycles. The van der Waals surface area contributed by atoms with Crippen LogP contribution in [-0.4, -0.2) is 34.7 Å². The molecule has 3 atom stereocenters. The zero-order chi connectivity index (χ0) is 23.2. The zero-order valence-electron chi connectivity index (χ0n) is 19.5. The van der Waals surface area contributed by atoms with E-state index in [0.717, 1.165) is 66.1 Å². The van der Waals surface area contributed by atoms with Gasteiger partial charge in [-0.15, -0.1) is 11.6 Å². The standard InChI is InChI=1S/C25H33Cl2N3O2S/c1-25(2)16-7-6-15(19(25)12-16)14-28-23(31)21-17-8-11-32-24-18(13-20(27)33-24)22(17)30(29-21)10-5-3-4-9-26/h13,15-16,19H,3-12,14H2,1-2H3,(H,28,31). The Bertz CT molecular complexity index is 1030. The van der Waals surface area contributed by atoms with Gasteiger partial charge in [-0.3, -0.25) is 9.48 Å². The molecule has 3 fully saturated rings. The van der Waals surface area contributed by atoms with Gasteiger partial charge in [0.15, 0.2) is 10.8 Å². The number of carbonyl (C=O) groups is 1. The first-order valence-electron chi connectivity index (χ1n) is 12.3. The first kappa shape index (κ1) is 23.5. The fourth-order valence-electron chi connectivity index (χ4n) is 6.29. The lowest BCUT2D eigenvalue weighted by Crippen LogP contribution is -2.54. The van der Waals surface area contributed by atoms with Crippen molar-refractivity contribution in [3.63, 3.8) is 0 Å². The predicted octanol–water partition coefficient (Wildman–Crippen LogP) is 6.41. The molecule has 0 aromatic carbocycles. The molecule has 180 valence electrons. The van der Waals surface area contributed by atoms with Crippen LogP contribution in [0.3, 0.4) is 0 Å². The lowest BCUT2D eigenvalue weighted by molar-refractivity contribution is -0.103. The van der Waals surface area contributed by atoms with E-state index in [1.165, 1.54) is 30.6 Å². The maximum atomic E-state index is 13.4. The van der Waals surface area contributed by atoms with E-state index >= 15 is 0 Å². The van der Waals surface area contributed by atoms with Crippen molar-refractivity contribution in [3.05, 3.63) is 21.7 Å². The Hall–Kier alpha value is -1.24. The summed E-state index contributed by atoms with van der Waals surface area (Å²) in [4.78, 5) is 13.4. The summed E-state index contributed by atoms with van der Waals surface area (Å²) >= 11 is 13.6. The Labute approximate surface area is 210 Å². The molecule has 2 aromatic rings. The van der Waals surface area contributed by atoms with Gasteiger partial charge in [0.05, 0.1) is 22.2 Å². The number of rotatable bonds is 8. The summed E-state index contributed by atoms with van der Waals surface area (Å²) in [5.41, 5.74) is 3.88. The highest BCUT2D eigenvalue weighted by Gasteiger charge is 2.54. The molecular formula is C25H33Cl2N3O2S. The molecule has 5 nitrogen and oxygen atoms in total. The molecule has 0 spiro atoms. The van der Waals surface area contributed by atoms with Gasteiger partial charge in [-0.05, 0) is 61.3 Å². The third kappa shape index (κ3) is 4.32. The zero-order valence-corrected chi connectivity index (χ0v) is 21.8. The third-order valence-corrected chi connectivity index (χ3v) is 9.75. The number of thiophene rings is 1. The van der Waals surface area contributed by atoms with Crippen molar-refractivity contribution in [2.24, 2.45) is 23.2 Å². The van der Waals surface area contributed by atoms with Gasteiger partial charge >= 0.3 is 0 Å². The van der Waals surface area contributed by atoms with Crippen molar-refractivity contribution < 1.29 is 9.53 Å². The van der Waals surface area contributed by atoms with Crippen LogP contribution >= 0.6 is 34.5 Å². The Morgan fingerprint density at radius 3 is 2.94 bits per heavy atom. The fraction of sp³-hybridized carbons (Fsp3) is 0.680. The highest BCUT2D eigenvalue weighted by Crippen LogP contribution is 2.61. The van der Waals surface area contributed by atoms with Crippen LogP contribution in [-0.2, 0) is 13.0 Å². The molecule has 3 unspecified atom stereocenters. The summed E-state index contributed by atoms with van der Waals surface area (Å²) in [6.07, 6.45) is 7.48. The largest absolute Gasteiger partial charge is 0.483 e. The van der Waals surface area contributed by atoms with Gasteiger partial charge in [-0.2, -0.15) is 5.10 Å². The van der Waals surface area contributed by atoms with Gasteiger partial charge in [-0.25, -0.2) is 0 Å². The number of aryl methyl sites for hydroxylation is 1. The lowest BCUT2D eigenvalue weighted by atomic mass is 9.45.